The Morgan fingerprint density at radius 3 is 2.56 bits per heavy atom. The highest BCUT2D eigenvalue weighted by Crippen LogP contribution is 2.37. The number of imidazole rings is 1. The summed E-state index contributed by atoms with van der Waals surface area (Å²) < 4.78 is 11.2. The van der Waals surface area contributed by atoms with Gasteiger partial charge in [-0.15, -0.1) is 0 Å². The Hall–Kier alpha value is -1.71. The predicted octanol–water partition coefficient (Wildman–Crippen LogP) is 2.99. The molecule has 0 atom stereocenters. The zero-order valence-electron chi connectivity index (χ0n) is 10.2. The fourth-order valence-electron chi connectivity index (χ4n) is 2.96. The summed E-state index contributed by atoms with van der Waals surface area (Å²) in [6.45, 7) is 1.25. The van der Waals surface area contributed by atoms with Gasteiger partial charge in [-0.25, -0.2) is 4.98 Å². The summed E-state index contributed by atoms with van der Waals surface area (Å²) in [4.78, 5) is 8.15. The normalized spacial score (nSPS) is 19.6. The molecular weight excluding hydrogens is 228 g/mol. The first-order chi connectivity index (χ1) is 8.90. The van der Waals surface area contributed by atoms with Crippen LogP contribution in [-0.2, 0) is 0 Å². The average molecular weight is 244 g/mol. The van der Waals surface area contributed by atoms with Crippen molar-refractivity contribution < 1.29 is 9.47 Å². The number of nitrogens with zero attached hydrogens (tertiary/aromatic N) is 1. The Balaban J connectivity index is 1.79. The summed E-state index contributed by atoms with van der Waals surface area (Å²) in [6, 6.07) is 3.99. The van der Waals surface area contributed by atoms with Gasteiger partial charge >= 0.3 is 0 Å². The summed E-state index contributed by atoms with van der Waals surface area (Å²) in [6.07, 6.45) is 5.16. The first-order valence-electron chi connectivity index (χ1n) is 6.69. The number of aromatic nitrogens is 2. The molecule has 1 N–H and O–H groups in total. The molecule has 4 heteroatoms. The second kappa shape index (κ2) is 3.90. The van der Waals surface area contributed by atoms with Crippen LogP contribution in [0.25, 0.3) is 11.0 Å². The van der Waals surface area contributed by atoms with E-state index in [0.717, 1.165) is 28.4 Å². The largest absolute Gasteiger partial charge is 0.486 e. The number of benzene rings is 1. The SMILES string of the molecule is c1c2c(cc3[nH]c(C4CCCC4)nc13)OCCO2. The lowest BCUT2D eigenvalue weighted by Gasteiger charge is -2.17. The highest BCUT2D eigenvalue weighted by Gasteiger charge is 2.21. The maximum absolute atomic E-state index is 5.59. The molecule has 0 spiro atoms. The summed E-state index contributed by atoms with van der Waals surface area (Å²) in [5.74, 6) is 3.38. The van der Waals surface area contributed by atoms with Crippen LogP contribution in [0.5, 0.6) is 11.5 Å². The van der Waals surface area contributed by atoms with Crippen molar-refractivity contribution in [2.45, 2.75) is 31.6 Å². The van der Waals surface area contributed by atoms with Crippen molar-refractivity contribution in [1.29, 1.82) is 0 Å². The number of hydrogen-bond acceptors (Lipinski definition) is 3. The van der Waals surface area contributed by atoms with Crippen molar-refractivity contribution >= 4 is 11.0 Å². The molecule has 0 saturated heterocycles. The van der Waals surface area contributed by atoms with E-state index in [9.17, 15) is 0 Å². The molecule has 0 radical (unpaired) electrons. The standard InChI is InChI=1S/C14H16N2O2/c1-2-4-9(3-1)14-15-10-7-12-13(8-11(10)16-14)18-6-5-17-12/h7-9H,1-6H2,(H,15,16). The molecule has 4 rings (SSSR count). The molecule has 0 amide bonds. The average Bonchev–Trinajstić information content (AvgIpc) is 3.04. The molecule has 94 valence electrons. The van der Waals surface area contributed by atoms with Crippen molar-refractivity contribution in [1.82, 2.24) is 9.97 Å². The zero-order valence-corrected chi connectivity index (χ0v) is 10.2. The number of fused-ring (bicyclic) bond motifs is 2. The van der Waals surface area contributed by atoms with Gasteiger partial charge in [0.15, 0.2) is 11.5 Å². The lowest BCUT2D eigenvalue weighted by molar-refractivity contribution is 0.172. The van der Waals surface area contributed by atoms with E-state index in [0.29, 0.717) is 19.1 Å². The first kappa shape index (κ1) is 10.2. The number of hydrogen-bond donors (Lipinski definition) is 1. The van der Waals surface area contributed by atoms with Crippen molar-refractivity contribution in [3.05, 3.63) is 18.0 Å². The maximum Gasteiger partial charge on any atom is 0.163 e. The van der Waals surface area contributed by atoms with E-state index in [1.54, 1.807) is 0 Å². The Morgan fingerprint density at radius 2 is 1.78 bits per heavy atom. The maximum atomic E-state index is 5.59. The quantitative estimate of drug-likeness (QED) is 0.838. The lowest BCUT2D eigenvalue weighted by atomic mass is 10.1. The molecule has 1 aromatic heterocycles. The minimum absolute atomic E-state index is 0.608. The van der Waals surface area contributed by atoms with Crippen LogP contribution in [0.2, 0.25) is 0 Å². The molecule has 4 nitrogen and oxygen atoms in total. The third-order valence-corrected chi connectivity index (χ3v) is 3.91. The fraction of sp³-hybridized carbons (Fsp3) is 0.500. The Bertz CT molecular complexity index is 542. The second-order valence-corrected chi connectivity index (χ2v) is 5.12. The van der Waals surface area contributed by atoms with E-state index >= 15 is 0 Å². The molecule has 1 aliphatic carbocycles. The van der Waals surface area contributed by atoms with E-state index < -0.39 is 0 Å². The smallest absolute Gasteiger partial charge is 0.163 e. The molecule has 2 aromatic rings. The van der Waals surface area contributed by atoms with Gasteiger partial charge in [0, 0.05) is 18.1 Å². The van der Waals surface area contributed by atoms with E-state index in [2.05, 4.69) is 4.98 Å². The van der Waals surface area contributed by atoms with Gasteiger partial charge in [-0.2, -0.15) is 0 Å². The fourth-order valence-corrected chi connectivity index (χ4v) is 2.96. The van der Waals surface area contributed by atoms with Crippen LogP contribution >= 0.6 is 0 Å². The monoisotopic (exact) mass is 244 g/mol. The van der Waals surface area contributed by atoms with E-state index in [1.165, 1.54) is 25.7 Å². The van der Waals surface area contributed by atoms with Crippen LogP contribution < -0.4 is 9.47 Å². The van der Waals surface area contributed by atoms with Crippen LogP contribution in [0.4, 0.5) is 0 Å². The summed E-state index contributed by atoms with van der Waals surface area (Å²) in [5, 5.41) is 0. The lowest BCUT2D eigenvalue weighted by Crippen LogP contribution is -2.15. The summed E-state index contributed by atoms with van der Waals surface area (Å²) in [7, 11) is 0. The van der Waals surface area contributed by atoms with Gasteiger partial charge in [0.25, 0.3) is 0 Å². The molecule has 2 aliphatic rings. The highest BCUT2D eigenvalue weighted by atomic mass is 16.6. The Kier molecular flexibility index (Phi) is 2.22. The number of rotatable bonds is 1. The second-order valence-electron chi connectivity index (χ2n) is 5.12. The molecule has 1 aromatic carbocycles. The molecule has 0 bridgehead atoms. The van der Waals surface area contributed by atoms with Gasteiger partial charge in [-0.05, 0) is 12.8 Å². The Morgan fingerprint density at radius 1 is 1.06 bits per heavy atom. The molecule has 1 saturated carbocycles. The van der Waals surface area contributed by atoms with E-state index in [1.807, 2.05) is 12.1 Å². The zero-order chi connectivity index (χ0) is 11.9. The van der Waals surface area contributed by atoms with Crippen LogP contribution in [0.15, 0.2) is 12.1 Å². The molecule has 18 heavy (non-hydrogen) atoms. The van der Waals surface area contributed by atoms with Crippen LogP contribution in [0.1, 0.15) is 37.4 Å². The predicted molar refractivity (Wildman–Crippen MR) is 68.3 cm³/mol. The topological polar surface area (TPSA) is 47.1 Å². The van der Waals surface area contributed by atoms with Gasteiger partial charge in [-0.1, -0.05) is 12.8 Å². The summed E-state index contributed by atoms with van der Waals surface area (Å²) >= 11 is 0. The number of aromatic amines is 1. The molecule has 2 heterocycles. The van der Waals surface area contributed by atoms with Crippen molar-refractivity contribution in [3.63, 3.8) is 0 Å². The van der Waals surface area contributed by atoms with Crippen LogP contribution in [-0.4, -0.2) is 23.2 Å². The minimum Gasteiger partial charge on any atom is -0.486 e. The van der Waals surface area contributed by atoms with E-state index in [-0.39, 0.29) is 0 Å². The van der Waals surface area contributed by atoms with Crippen LogP contribution in [0.3, 0.4) is 0 Å². The summed E-state index contributed by atoms with van der Waals surface area (Å²) in [5.41, 5.74) is 2.04. The third-order valence-electron chi connectivity index (χ3n) is 3.91. The third kappa shape index (κ3) is 1.55. The minimum atomic E-state index is 0.608. The van der Waals surface area contributed by atoms with Crippen molar-refractivity contribution in [2.24, 2.45) is 0 Å². The van der Waals surface area contributed by atoms with Crippen molar-refractivity contribution in [2.75, 3.05) is 13.2 Å². The van der Waals surface area contributed by atoms with Gasteiger partial charge in [0.1, 0.15) is 19.0 Å². The van der Waals surface area contributed by atoms with E-state index in [4.69, 9.17) is 14.5 Å². The Labute approximate surface area is 105 Å². The van der Waals surface area contributed by atoms with Gasteiger partial charge in [-0.3, -0.25) is 0 Å². The number of ether oxygens (including phenoxy) is 2. The molecular formula is C14H16N2O2. The molecule has 0 unspecified atom stereocenters. The van der Waals surface area contributed by atoms with Gasteiger partial charge in [0.05, 0.1) is 11.0 Å². The highest BCUT2D eigenvalue weighted by molar-refractivity contribution is 5.80. The first-order valence-corrected chi connectivity index (χ1v) is 6.69. The van der Waals surface area contributed by atoms with Crippen LogP contribution in [0, 0.1) is 0 Å². The number of nitrogens with one attached hydrogen (secondary N) is 1. The van der Waals surface area contributed by atoms with Gasteiger partial charge < -0.3 is 14.5 Å². The van der Waals surface area contributed by atoms with Gasteiger partial charge in [0.2, 0.25) is 0 Å². The molecule has 1 aliphatic heterocycles. The molecule has 1 fully saturated rings. The number of H-pyrrole nitrogens is 1. The van der Waals surface area contributed by atoms with Crippen molar-refractivity contribution in [3.8, 4) is 11.5 Å².